The Balaban J connectivity index is 1.66. The van der Waals surface area contributed by atoms with Gasteiger partial charge in [-0.05, 0) is 25.1 Å². The van der Waals surface area contributed by atoms with E-state index in [-0.39, 0.29) is 29.3 Å². The Bertz CT molecular complexity index is 1120. The first-order valence-electron chi connectivity index (χ1n) is 8.80. The number of hydrogen-bond donors (Lipinski definition) is 2. The Morgan fingerprint density at radius 3 is 2.73 bits per heavy atom. The Kier molecular flexibility index (Phi) is 5.86. The second kappa shape index (κ2) is 8.52. The molecule has 30 heavy (non-hydrogen) atoms. The van der Waals surface area contributed by atoms with Crippen LogP contribution in [-0.4, -0.2) is 35.1 Å². The fraction of sp³-hybridized carbons (Fsp3) is 0.200. The first kappa shape index (κ1) is 20.6. The molecule has 0 aliphatic heterocycles. The number of aromatic hydroxyl groups is 1. The van der Waals surface area contributed by atoms with Crippen molar-refractivity contribution in [2.45, 2.75) is 19.4 Å². The standard InChI is InChI=1S/C20H18N2O8/c1-11(20(25)21-16-8-13(22(26)27)3-6-17(16)28-2)30-19(24)7-12-10-29-18-9-14(23)4-5-15(12)18/h3-6,8-11,23H,7H2,1-2H3,(H,21,25)/t11-/m0/s1. The Morgan fingerprint density at radius 2 is 2.03 bits per heavy atom. The van der Waals surface area contributed by atoms with Crippen molar-refractivity contribution < 1.29 is 33.5 Å². The fourth-order valence-electron chi connectivity index (χ4n) is 2.80. The molecule has 1 atom stereocenters. The number of hydrogen-bond acceptors (Lipinski definition) is 8. The summed E-state index contributed by atoms with van der Waals surface area (Å²) in [5.41, 5.74) is 0.818. The van der Waals surface area contributed by atoms with Crippen LogP contribution in [0.2, 0.25) is 0 Å². The SMILES string of the molecule is COc1ccc([N+](=O)[O-])cc1NC(=O)[C@H](C)OC(=O)Cc1coc2cc(O)ccc12. The molecule has 0 aliphatic carbocycles. The first-order valence-corrected chi connectivity index (χ1v) is 8.80. The van der Waals surface area contributed by atoms with E-state index in [0.29, 0.717) is 16.5 Å². The molecule has 10 heteroatoms. The van der Waals surface area contributed by atoms with Crippen LogP contribution < -0.4 is 10.1 Å². The molecule has 0 spiro atoms. The van der Waals surface area contributed by atoms with Crippen molar-refractivity contribution >= 4 is 34.2 Å². The number of ether oxygens (including phenoxy) is 2. The lowest BCUT2D eigenvalue weighted by Gasteiger charge is -2.15. The molecule has 1 aromatic heterocycles. The number of carbonyl (C=O) groups is 2. The lowest BCUT2D eigenvalue weighted by Crippen LogP contribution is -2.30. The summed E-state index contributed by atoms with van der Waals surface area (Å²) in [7, 11) is 1.36. The number of methoxy groups -OCH3 is 1. The molecule has 10 nitrogen and oxygen atoms in total. The van der Waals surface area contributed by atoms with Crippen molar-refractivity contribution in [2.75, 3.05) is 12.4 Å². The highest BCUT2D eigenvalue weighted by Crippen LogP contribution is 2.29. The summed E-state index contributed by atoms with van der Waals surface area (Å²) in [5, 5.41) is 23.5. The van der Waals surface area contributed by atoms with E-state index in [2.05, 4.69) is 5.32 Å². The lowest BCUT2D eigenvalue weighted by atomic mass is 10.1. The van der Waals surface area contributed by atoms with Gasteiger partial charge >= 0.3 is 5.97 Å². The number of nitrogens with one attached hydrogen (secondary N) is 1. The molecule has 3 rings (SSSR count). The molecule has 0 saturated heterocycles. The second-order valence-electron chi connectivity index (χ2n) is 6.38. The van der Waals surface area contributed by atoms with Crippen molar-refractivity contribution in [2.24, 2.45) is 0 Å². The normalized spacial score (nSPS) is 11.7. The maximum Gasteiger partial charge on any atom is 0.311 e. The van der Waals surface area contributed by atoms with Gasteiger partial charge in [-0.25, -0.2) is 0 Å². The smallest absolute Gasteiger partial charge is 0.311 e. The third-order valence-corrected chi connectivity index (χ3v) is 4.30. The zero-order chi connectivity index (χ0) is 21.8. The van der Waals surface area contributed by atoms with Crippen molar-refractivity contribution in [3.05, 3.63) is 58.3 Å². The monoisotopic (exact) mass is 414 g/mol. The summed E-state index contributed by atoms with van der Waals surface area (Å²) >= 11 is 0. The minimum absolute atomic E-state index is 0.0350. The maximum absolute atomic E-state index is 12.4. The van der Waals surface area contributed by atoms with Gasteiger partial charge in [0.15, 0.2) is 6.10 Å². The lowest BCUT2D eigenvalue weighted by molar-refractivity contribution is -0.384. The van der Waals surface area contributed by atoms with Crippen LogP contribution >= 0.6 is 0 Å². The average molecular weight is 414 g/mol. The van der Waals surface area contributed by atoms with Crippen molar-refractivity contribution in [1.29, 1.82) is 0 Å². The summed E-state index contributed by atoms with van der Waals surface area (Å²) in [6.45, 7) is 1.38. The number of anilines is 1. The van der Waals surface area contributed by atoms with Gasteiger partial charge in [0, 0.05) is 29.1 Å². The molecule has 2 aromatic carbocycles. The fourth-order valence-corrected chi connectivity index (χ4v) is 2.80. The van der Waals surface area contributed by atoms with Crippen LogP contribution in [0.15, 0.2) is 47.1 Å². The van der Waals surface area contributed by atoms with Gasteiger partial charge in [-0.2, -0.15) is 0 Å². The highest BCUT2D eigenvalue weighted by Gasteiger charge is 2.22. The third kappa shape index (κ3) is 4.49. The van der Waals surface area contributed by atoms with Gasteiger partial charge in [0.1, 0.15) is 17.1 Å². The number of carbonyl (C=O) groups excluding carboxylic acids is 2. The molecule has 0 fully saturated rings. The van der Waals surface area contributed by atoms with E-state index in [0.717, 1.165) is 6.07 Å². The van der Waals surface area contributed by atoms with Crippen molar-refractivity contribution in [3.63, 3.8) is 0 Å². The van der Waals surface area contributed by atoms with Crippen LogP contribution in [0.25, 0.3) is 11.0 Å². The van der Waals surface area contributed by atoms with Crippen LogP contribution in [0.3, 0.4) is 0 Å². The Hall–Kier alpha value is -4.08. The number of fused-ring (bicyclic) bond motifs is 1. The minimum atomic E-state index is -1.16. The average Bonchev–Trinajstić information content (AvgIpc) is 3.09. The van der Waals surface area contributed by atoms with Crippen LogP contribution in [0.4, 0.5) is 11.4 Å². The predicted octanol–water partition coefficient (Wildman–Crippen LogP) is 3.17. The molecular formula is C20H18N2O8. The summed E-state index contributed by atoms with van der Waals surface area (Å²) in [6, 6.07) is 8.25. The molecule has 1 amide bonds. The molecule has 0 aliphatic rings. The van der Waals surface area contributed by atoms with Gasteiger partial charge in [0.2, 0.25) is 0 Å². The highest BCUT2D eigenvalue weighted by atomic mass is 16.6. The molecule has 1 heterocycles. The number of phenolic OH excluding ortho intramolecular Hbond substituents is 1. The van der Waals surface area contributed by atoms with E-state index >= 15 is 0 Å². The van der Waals surface area contributed by atoms with Gasteiger partial charge in [0.05, 0.1) is 30.4 Å². The van der Waals surface area contributed by atoms with Crippen molar-refractivity contribution in [3.8, 4) is 11.5 Å². The zero-order valence-corrected chi connectivity index (χ0v) is 16.1. The second-order valence-corrected chi connectivity index (χ2v) is 6.38. The summed E-state index contributed by atoms with van der Waals surface area (Å²) in [4.78, 5) is 35.0. The third-order valence-electron chi connectivity index (χ3n) is 4.30. The van der Waals surface area contributed by atoms with Gasteiger partial charge in [-0.15, -0.1) is 0 Å². The Morgan fingerprint density at radius 1 is 1.27 bits per heavy atom. The van der Waals surface area contributed by atoms with Crippen LogP contribution in [0.1, 0.15) is 12.5 Å². The number of esters is 1. The molecule has 0 radical (unpaired) electrons. The van der Waals surface area contributed by atoms with Gasteiger partial charge in [-0.1, -0.05) is 0 Å². The van der Waals surface area contributed by atoms with Gasteiger partial charge < -0.3 is 24.3 Å². The van der Waals surface area contributed by atoms with E-state index in [9.17, 15) is 24.8 Å². The number of nitro groups is 1. The summed E-state index contributed by atoms with van der Waals surface area (Å²) < 4.78 is 15.6. The van der Waals surface area contributed by atoms with E-state index in [1.807, 2.05) is 0 Å². The molecule has 156 valence electrons. The van der Waals surface area contributed by atoms with Gasteiger partial charge in [0.25, 0.3) is 11.6 Å². The molecule has 0 unspecified atom stereocenters. The molecule has 2 N–H and O–H groups in total. The largest absolute Gasteiger partial charge is 0.508 e. The number of amides is 1. The van der Waals surface area contributed by atoms with E-state index in [1.165, 1.54) is 44.6 Å². The van der Waals surface area contributed by atoms with Gasteiger partial charge in [-0.3, -0.25) is 19.7 Å². The predicted molar refractivity (Wildman–Crippen MR) is 105 cm³/mol. The number of nitro benzene ring substituents is 1. The summed E-state index contributed by atoms with van der Waals surface area (Å²) in [6.07, 6.45) is 0.0724. The number of non-ortho nitro benzene ring substituents is 1. The number of rotatable bonds is 7. The van der Waals surface area contributed by atoms with Crippen LogP contribution in [-0.2, 0) is 20.7 Å². The van der Waals surface area contributed by atoms with E-state index in [4.69, 9.17) is 13.9 Å². The maximum atomic E-state index is 12.4. The molecule has 0 bridgehead atoms. The number of phenols is 1. The van der Waals surface area contributed by atoms with Crippen LogP contribution in [0, 0.1) is 10.1 Å². The number of nitrogens with zero attached hydrogens (tertiary/aromatic N) is 1. The minimum Gasteiger partial charge on any atom is -0.508 e. The Labute approximate surface area is 170 Å². The van der Waals surface area contributed by atoms with Crippen LogP contribution in [0.5, 0.6) is 11.5 Å². The first-order chi connectivity index (χ1) is 14.3. The van der Waals surface area contributed by atoms with E-state index in [1.54, 1.807) is 6.07 Å². The van der Waals surface area contributed by atoms with Crippen molar-refractivity contribution in [1.82, 2.24) is 0 Å². The summed E-state index contributed by atoms with van der Waals surface area (Å²) in [5.74, 6) is -1.09. The highest BCUT2D eigenvalue weighted by molar-refractivity contribution is 5.97. The topological polar surface area (TPSA) is 141 Å². The molecule has 3 aromatic rings. The number of furan rings is 1. The molecular weight excluding hydrogens is 396 g/mol. The van der Waals surface area contributed by atoms with E-state index < -0.39 is 22.9 Å². The quantitative estimate of drug-likeness (QED) is 0.341. The number of benzene rings is 2. The zero-order valence-electron chi connectivity index (χ0n) is 16.1. The molecule has 0 saturated carbocycles.